The lowest BCUT2D eigenvalue weighted by atomic mass is 9.94. The number of aromatic nitrogens is 2. The van der Waals surface area contributed by atoms with Crippen LogP contribution in [0, 0.1) is 5.41 Å². The van der Waals surface area contributed by atoms with Gasteiger partial charge in [0.05, 0.1) is 19.3 Å². The van der Waals surface area contributed by atoms with Gasteiger partial charge < -0.3 is 10.1 Å². The lowest BCUT2D eigenvalue weighted by Gasteiger charge is -2.30. The molecule has 2 heterocycles. The van der Waals surface area contributed by atoms with E-state index < -0.39 is 28.3 Å². The first-order chi connectivity index (χ1) is 14.9. The minimum atomic E-state index is -3.66. The van der Waals surface area contributed by atoms with Crippen molar-refractivity contribution in [2.75, 3.05) is 11.9 Å². The highest BCUT2D eigenvalue weighted by Crippen LogP contribution is 2.43. The van der Waals surface area contributed by atoms with Gasteiger partial charge in [-0.05, 0) is 41.5 Å². The molecular weight excluding hydrogens is 440 g/mol. The van der Waals surface area contributed by atoms with E-state index in [1.54, 1.807) is 4.68 Å². The van der Waals surface area contributed by atoms with Gasteiger partial charge in [0.1, 0.15) is 4.90 Å². The molecule has 2 aromatic rings. The number of urea groups is 1. The number of alkyl halides is 2. The summed E-state index contributed by atoms with van der Waals surface area (Å²) in [5.41, 5.74) is 2.99. The molecule has 3 N–H and O–H groups in total. The Morgan fingerprint density at radius 1 is 1.28 bits per heavy atom. The molecule has 8 nitrogen and oxygen atoms in total. The molecule has 2 amide bonds. The second-order valence-electron chi connectivity index (χ2n) is 9.60. The maximum absolute atomic E-state index is 14.1. The van der Waals surface area contributed by atoms with Crippen molar-refractivity contribution in [3.63, 3.8) is 0 Å². The number of hydrogen-bond donors (Lipinski definition) is 2. The van der Waals surface area contributed by atoms with Crippen LogP contribution >= 0.6 is 0 Å². The summed E-state index contributed by atoms with van der Waals surface area (Å²) in [7, 11) is -3.66. The van der Waals surface area contributed by atoms with Crippen molar-refractivity contribution in [1.82, 2.24) is 9.78 Å². The van der Waals surface area contributed by atoms with Gasteiger partial charge >= 0.3 is 6.03 Å². The molecule has 0 radical (unpaired) electrons. The van der Waals surface area contributed by atoms with Gasteiger partial charge in [0, 0.05) is 23.9 Å². The highest BCUT2D eigenvalue weighted by atomic mass is 32.2. The first-order valence-electron chi connectivity index (χ1n) is 10.5. The second-order valence-corrected chi connectivity index (χ2v) is 11.4. The van der Waals surface area contributed by atoms with Crippen molar-refractivity contribution in [3.05, 3.63) is 34.5 Å². The summed E-state index contributed by atoms with van der Waals surface area (Å²) in [6, 6.07) is 0.890. The average molecular weight is 466 g/mol. The summed E-state index contributed by atoms with van der Waals surface area (Å²) in [5, 5.41) is 12.7. The quantitative estimate of drug-likeness (QED) is 0.707. The Bertz CT molecular complexity index is 1260. The SMILES string of the molecule is CC1(C)COc2c([S@](N)(=O)=NC(=O)Nc3c4c(cc5c3CC(F)(F)C5)CCC4)cnn2C1. The normalized spacial score (nSPS) is 21.7. The van der Waals surface area contributed by atoms with Gasteiger partial charge in [-0.15, -0.1) is 4.36 Å². The van der Waals surface area contributed by atoms with Crippen LogP contribution < -0.4 is 15.2 Å². The fourth-order valence-corrected chi connectivity index (χ4v) is 5.80. The van der Waals surface area contributed by atoms with E-state index in [1.807, 2.05) is 19.9 Å². The van der Waals surface area contributed by atoms with Gasteiger partial charge in [-0.2, -0.15) is 5.10 Å². The van der Waals surface area contributed by atoms with E-state index in [0.717, 1.165) is 24.0 Å². The Labute approximate surface area is 184 Å². The highest BCUT2D eigenvalue weighted by Gasteiger charge is 2.40. The fourth-order valence-electron chi connectivity index (χ4n) is 4.80. The molecule has 0 bridgehead atoms. The molecule has 0 fully saturated rings. The third-order valence-corrected chi connectivity index (χ3v) is 7.53. The van der Waals surface area contributed by atoms with Crippen molar-refractivity contribution in [2.45, 2.75) is 63.3 Å². The van der Waals surface area contributed by atoms with Crippen molar-refractivity contribution < 1.29 is 22.5 Å². The van der Waals surface area contributed by atoms with Crippen molar-refractivity contribution >= 4 is 21.6 Å². The number of carbonyl (C=O) groups excluding carboxylic acids is 1. The van der Waals surface area contributed by atoms with E-state index >= 15 is 0 Å². The largest absolute Gasteiger partial charge is 0.476 e. The molecule has 2 aliphatic carbocycles. The number of rotatable bonds is 2. The summed E-state index contributed by atoms with van der Waals surface area (Å²) in [5.74, 6) is -2.62. The summed E-state index contributed by atoms with van der Waals surface area (Å²) in [6.07, 6.45) is 2.86. The number of ether oxygens (including phenoxy) is 1. The zero-order valence-corrected chi connectivity index (χ0v) is 18.7. The van der Waals surface area contributed by atoms with Crippen LogP contribution in [-0.2, 0) is 42.1 Å². The monoisotopic (exact) mass is 465 g/mol. The molecule has 0 spiro atoms. The molecule has 11 heteroatoms. The number of benzene rings is 1. The topological polar surface area (TPSA) is 112 Å². The van der Waals surface area contributed by atoms with E-state index in [1.165, 1.54) is 6.20 Å². The zero-order valence-electron chi connectivity index (χ0n) is 17.9. The van der Waals surface area contributed by atoms with Gasteiger partial charge in [0.2, 0.25) is 5.88 Å². The molecule has 1 aliphatic heterocycles. The molecule has 5 rings (SSSR count). The molecule has 32 heavy (non-hydrogen) atoms. The van der Waals surface area contributed by atoms with E-state index in [0.29, 0.717) is 36.4 Å². The lowest BCUT2D eigenvalue weighted by Crippen LogP contribution is -2.33. The lowest BCUT2D eigenvalue weighted by molar-refractivity contribution is 0.0131. The average Bonchev–Trinajstić information content (AvgIpc) is 3.35. The van der Waals surface area contributed by atoms with Gasteiger partial charge in [-0.3, -0.25) is 0 Å². The summed E-state index contributed by atoms with van der Waals surface area (Å²) in [4.78, 5) is 12.8. The molecule has 1 aromatic heterocycles. The first-order valence-corrected chi connectivity index (χ1v) is 12.1. The number of nitrogens with zero attached hydrogens (tertiary/aromatic N) is 3. The predicted molar refractivity (Wildman–Crippen MR) is 114 cm³/mol. The predicted octanol–water partition coefficient (Wildman–Crippen LogP) is 3.46. The molecule has 0 unspecified atom stereocenters. The van der Waals surface area contributed by atoms with Crippen LogP contribution in [0.4, 0.5) is 19.3 Å². The van der Waals surface area contributed by atoms with Crippen LogP contribution in [0.2, 0.25) is 0 Å². The molecule has 3 aliphatic rings. The molecule has 1 aromatic carbocycles. The number of anilines is 1. The number of nitrogens with one attached hydrogen (secondary N) is 1. The highest BCUT2D eigenvalue weighted by molar-refractivity contribution is 7.91. The number of fused-ring (bicyclic) bond motifs is 3. The van der Waals surface area contributed by atoms with E-state index in [9.17, 15) is 17.8 Å². The third-order valence-electron chi connectivity index (χ3n) is 6.19. The second kappa shape index (κ2) is 6.98. The van der Waals surface area contributed by atoms with Crippen LogP contribution in [0.1, 0.15) is 42.5 Å². The van der Waals surface area contributed by atoms with E-state index in [-0.39, 0.29) is 22.6 Å². The van der Waals surface area contributed by atoms with Gasteiger partial charge in [0.25, 0.3) is 5.92 Å². The molecule has 0 saturated heterocycles. The van der Waals surface area contributed by atoms with Gasteiger partial charge in [-0.1, -0.05) is 19.9 Å². The fraction of sp³-hybridized carbons (Fsp3) is 0.524. The minimum Gasteiger partial charge on any atom is -0.476 e. The Hall–Kier alpha value is -2.53. The van der Waals surface area contributed by atoms with Crippen molar-refractivity contribution in [2.24, 2.45) is 14.9 Å². The maximum atomic E-state index is 14.1. The zero-order chi connectivity index (χ0) is 22.9. The molecule has 172 valence electrons. The summed E-state index contributed by atoms with van der Waals surface area (Å²) < 4.78 is 52.3. The Balaban J connectivity index is 1.48. The molecule has 1 atom stereocenters. The van der Waals surface area contributed by atoms with Crippen LogP contribution in [0.5, 0.6) is 5.88 Å². The van der Waals surface area contributed by atoms with Gasteiger partial charge in [0.15, 0.2) is 9.92 Å². The number of carbonyl (C=O) groups is 1. The van der Waals surface area contributed by atoms with E-state index in [2.05, 4.69) is 14.8 Å². The van der Waals surface area contributed by atoms with Crippen LogP contribution in [0.25, 0.3) is 0 Å². The van der Waals surface area contributed by atoms with Crippen LogP contribution in [0.15, 0.2) is 21.5 Å². The molecular formula is C21H25F2N5O3S. The number of halogens is 2. The van der Waals surface area contributed by atoms with Gasteiger partial charge in [-0.25, -0.2) is 27.6 Å². The Morgan fingerprint density at radius 2 is 2.06 bits per heavy atom. The van der Waals surface area contributed by atoms with Crippen molar-refractivity contribution in [3.8, 4) is 5.88 Å². The van der Waals surface area contributed by atoms with Crippen LogP contribution in [-0.4, -0.2) is 32.5 Å². The summed E-state index contributed by atoms with van der Waals surface area (Å²) in [6.45, 7) is 4.94. The summed E-state index contributed by atoms with van der Waals surface area (Å²) >= 11 is 0. The Kier molecular flexibility index (Phi) is 4.65. The standard InChI is InChI=1S/C21H25F2N5O3S/c1-20(2)10-28-18(31-11-20)16(9-25-28)32(24,30)27-19(29)26-17-14-5-3-4-12(14)6-13-7-21(22,23)8-15(13)17/h6,9H,3-5,7-8,10-11H2,1-2H3,(H3,24,26,27,29,30)/t32-/m1/s1. The number of amides is 2. The third kappa shape index (κ3) is 3.66. The minimum absolute atomic E-state index is 0.0400. The number of nitrogens with two attached hydrogens (primary N) is 1. The van der Waals surface area contributed by atoms with E-state index in [4.69, 9.17) is 9.88 Å². The number of aryl methyl sites for hydroxylation is 1. The molecule has 0 saturated carbocycles. The number of hydrogen-bond acceptors (Lipinski definition) is 4. The van der Waals surface area contributed by atoms with Crippen molar-refractivity contribution in [1.29, 1.82) is 0 Å². The maximum Gasteiger partial charge on any atom is 0.354 e. The smallest absolute Gasteiger partial charge is 0.354 e. The van der Waals surface area contributed by atoms with Crippen LogP contribution in [0.3, 0.4) is 0 Å². The Morgan fingerprint density at radius 3 is 2.84 bits per heavy atom. The first kappa shape index (κ1) is 21.3.